The second kappa shape index (κ2) is 4.87. The van der Waals surface area contributed by atoms with Crippen LogP contribution in [0.2, 0.25) is 0 Å². The van der Waals surface area contributed by atoms with E-state index < -0.39 is 6.04 Å². The summed E-state index contributed by atoms with van der Waals surface area (Å²) in [6, 6.07) is 6.54. The van der Waals surface area contributed by atoms with Gasteiger partial charge < -0.3 is 5.32 Å². The summed E-state index contributed by atoms with van der Waals surface area (Å²) in [5.41, 5.74) is 0.796. The second-order valence-electron chi connectivity index (χ2n) is 3.89. The smallest absolute Gasteiger partial charge is 0.322 e. The number of benzene rings is 1. The van der Waals surface area contributed by atoms with Crippen LogP contribution in [0.25, 0.3) is 0 Å². The molecule has 90 valence electrons. The molecule has 1 atom stereocenters. The summed E-state index contributed by atoms with van der Waals surface area (Å²) in [5, 5.41) is 2.70. The number of carbonyl (C=O) groups excluding carboxylic acids is 2. The van der Waals surface area contributed by atoms with Crippen LogP contribution in [0.4, 0.5) is 4.79 Å². The number of amides is 3. The molecule has 1 fully saturated rings. The molecule has 1 aromatic rings. The molecule has 2 rings (SSSR count). The fourth-order valence-corrected chi connectivity index (χ4v) is 2.39. The SMILES string of the molecule is CCCN1C(=O)N[C@@H](c2ccccc2Br)C1=O. The van der Waals surface area contributed by atoms with Gasteiger partial charge in [0.05, 0.1) is 0 Å². The van der Waals surface area contributed by atoms with Gasteiger partial charge in [0.25, 0.3) is 5.91 Å². The first-order chi connectivity index (χ1) is 8.15. The Bertz CT molecular complexity index is 462. The Kier molecular flexibility index (Phi) is 3.47. The fraction of sp³-hybridized carbons (Fsp3) is 0.333. The maximum atomic E-state index is 12.1. The molecule has 0 aliphatic carbocycles. The first-order valence-corrected chi connectivity index (χ1v) is 6.30. The molecule has 0 saturated carbocycles. The van der Waals surface area contributed by atoms with E-state index in [2.05, 4.69) is 21.2 Å². The molecule has 0 bridgehead atoms. The first-order valence-electron chi connectivity index (χ1n) is 5.51. The van der Waals surface area contributed by atoms with Crippen LogP contribution in [-0.4, -0.2) is 23.4 Å². The van der Waals surface area contributed by atoms with Crippen molar-refractivity contribution in [1.29, 1.82) is 0 Å². The molecular formula is C12H13BrN2O2. The van der Waals surface area contributed by atoms with E-state index in [1.54, 1.807) is 0 Å². The summed E-state index contributed by atoms with van der Waals surface area (Å²) in [4.78, 5) is 25.0. The summed E-state index contributed by atoms with van der Waals surface area (Å²) in [6.07, 6.45) is 0.766. The highest BCUT2D eigenvalue weighted by atomic mass is 79.9. The lowest BCUT2D eigenvalue weighted by Crippen LogP contribution is -2.31. The van der Waals surface area contributed by atoms with Gasteiger partial charge in [0.1, 0.15) is 6.04 Å². The predicted octanol–water partition coefficient (Wildman–Crippen LogP) is 2.45. The quantitative estimate of drug-likeness (QED) is 0.871. The van der Waals surface area contributed by atoms with E-state index in [-0.39, 0.29) is 11.9 Å². The molecule has 4 nitrogen and oxygen atoms in total. The van der Waals surface area contributed by atoms with Crippen LogP contribution in [0, 0.1) is 0 Å². The predicted molar refractivity (Wildman–Crippen MR) is 67.4 cm³/mol. The molecule has 0 radical (unpaired) electrons. The number of rotatable bonds is 3. The van der Waals surface area contributed by atoms with Gasteiger partial charge in [-0.2, -0.15) is 0 Å². The third-order valence-electron chi connectivity index (χ3n) is 2.69. The molecule has 17 heavy (non-hydrogen) atoms. The van der Waals surface area contributed by atoms with Crippen molar-refractivity contribution in [1.82, 2.24) is 10.2 Å². The lowest BCUT2D eigenvalue weighted by molar-refractivity contribution is -0.127. The monoisotopic (exact) mass is 296 g/mol. The Labute approximate surface area is 108 Å². The van der Waals surface area contributed by atoms with Gasteiger partial charge in [-0.15, -0.1) is 0 Å². The Morgan fingerprint density at radius 3 is 2.71 bits per heavy atom. The van der Waals surface area contributed by atoms with Crippen molar-refractivity contribution in [2.75, 3.05) is 6.54 Å². The highest BCUT2D eigenvalue weighted by Crippen LogP contribution is 2.28. The minimum Gasteiger partial charge on any atom is -0.322 e. The molecule has 0 spiro atoms. The van der Waals surface area contributed by atoms with Crippen LogP contribution in [0.3, 0.4) is 0 Å². The van der Waals surface area contributed by atoms with E-state index >= 15 is 0 Å². The van der Waals surface area contributed by atoms with Crippen LogP contribution in [-0.2, 0) is 4.79 Å². The largest absolute Gasteiger partial charge is 0.325 e. The van der Waals surface area contributed by atoms with Gasteiger partial charge in [-0.3, -0.25) is 9.69 Å². The Morgan fingerprint density at radius 2 is 2.06 bits per heavy atom. The minimum atomic E-state index is -0.565. The maximum absolute atomic E-state index is 12.1. The lowest BCUT2D eigenvalue weighted by Gasteiger charge is -2.12. The van der Waals surface area contributed by atoms with Gasteiger partial charge in [-0.25, -0.2) is 4.79 Å². The van der Waals surface area contributed by atoms with Gasteiger partial charge in [-0.1, -0.05) is 41.1 Å². The number of hydrogen-bond acceptors (Lipinski definition) is 2. The lowest BCUT2D eigenvalue weighted by atomic mass is 10.1. The molecule has 0 aromatic heterocycles. The Balaban J connectivity index is 2.28. The average Bonchev–Trinajstić information content (AvgIpc) is 2.58. The zero-order valence-electron chi connectivity index (χ0n) is 9.44. The Morgan fingerprint density at radius 1 is 1.35 bits per heavy atom. The summed E-state index contributed by atoms with van der Waals surface area (Å²) in [5.74, 6) is -0.177. The van der Waals surface area contributed by atoms with Crippen LogP contribution < -0.4 is 5.32 Å². The molecular weight excluding hydrogens is 284 g/mol. The van der Waals surface area contributed by atoms with Gasteiger partial charge in [-0.05, 0) is 18.1 Å². The van der Waals surface area contributed by atoms with E-state index in [0.717, 1.165) is 16.5 Å². The minimum absolute atomic E-state index is 0.177. The molecule has 1 aliphatic heterocycles. The third kappa shape index (κ3) is 2.20. The average molecular weight is 297 g/mol. The Hall–Kier alpha value is -1.36. The van der Waals surface area contributed by atoms with Gasteiger partial charge >= 0.3 is 6.03 Å². The van der Waals surface area contributed by atoms with E-state index in [1.165, 1.54) is 4.90 Å². The van der Waals surface area contributed by atoms with E-state index in [0.29, 0.717) is 6.54 Å². The number of nitrogens with zero attached hydrogens (tertiary/aromatic N) is 1. The normalized spacial score (nSPS) is 19.6. The standard InChI is InChI=1S/C12H13BrN2O2/c1-2-7-15-11(16)10(14-12(15)17)8-5-3-4-6-9(8)13/h3-6,10H,2,7H2,1H3,(H,14,17)/t10-/m0/s1. The topological polar surface area (TPSA) is 49.4 Å². The number of urea groups is 1. The van der Waals surface area contributed by atoms with Gasteiger partial charge in [0, 0.05) is 11.0 Å². The highest BCUT2D eigenvalue weighted by molar-refractivity contribution is 9.10. The van der Waals surface area contributed by atoms with Crippen LogP contribution in [0.15, 0.2) is 28.7 Å². The number of carbonyl (C=O) groups is 2. The molecule has 1 saturated heterocycles. The van der Waals surface area contributed by atoms with Crippen LogP contribution in [0.1, 0.15) is 24.9 Å². The number of halogens is 1. The number of nitrogens with one attached hydrogen (secondary N) is 1. The van der Waals surface area contributed by atoms with Crippen molar-refractivity contribution in [3.63, 3.8) is 0 Å². The van der Waals surface area contributed by atoms with E-state index in [9.17, 15) is 9.59 Å². The second-order valence-corrected chi connectivity index (χ2v) is 4.75. The fourth-order valence-electron chi connectivity index (χ4n) is 1.87. The zero-order chi connectivity index (χ0) is 12.4. The summed E-state index contributed by atoms with van der Waals surface area (Å²) in [6.45, 7) is 2.40. The summed E-state index contributed by atoms with van der Waals surface area (Å²) >= 11 is 3.39. The molecule has 3 amide bonds. The number of hydrogen-bond donors (Lipinski definition) is 1. The van der Waals surface area contributed by atoms with Crippen LogP contribution >= 0.6 is 15.9 Å². The molecule has 0 unspecified atom stereocenters. The van der Waals surface area contributed by atoms with Crippen molar-refractivity contribution >= 4 is 27.9 Å². The van der Waals surface area contributed by atoms with Crippen LogP contribution in [0.5, 0.6) is 0 Å². The van der Waals surface area contributed by atoms with Crippen molar-refractivity contribution in [3.8, 4) is 0 Å². The third-order valence-corrected chi connectivity index (χ3v) is 3.41. The van der Waals surface area contributed by atoms with Crippen molar-refractivity contribution in [2.24, 2.45) is 0 Å². The molecule has 1 N–H and O–H groups in total. The first kappa shape index (κ1) is 12.1. The summed E-state index contributed by atoms with van der Waals surface area (Å²) in [7, 11) is 0. The van der Waals surface area contributed by atoms with E-state index in [4.69, 9.17) is 0 Å². The molecule has 5 heteroatoms. The molecule has 1 heterocycles. The van der Waals surface area contributed by atoms with E-state index in [1.807, 2.05) is 31.2 Å². The van der Waals surface area contributed by atoms with Gasteiger partial charge in [0.15, 0.2) is 0 Å². The van der Waals surface area contributed by atoms with Crippen molar-refractivity contribution in [2.45, 2.75) is 19.4 Å². The van der Waals surface area contributed by atoms with Crippen molar-refractivity contribution < 1.29 is 9.59 Å². The van der Waals surface area contributed by atoms with Gasteiger partial charge in [0.2, 0.25) is 0 Å². The molecule has 1 aliphatic rings. The maximum Gasteiger partial charge on any atom is 0.325 e. The summed E-state index contributed by atoms with van der Waals surface area (Å²) < 4.78 is 0.831. The van der Waals surface area contributed by atoms with Crippen molar-refractivity contribution in [3.05, 3.63) is 34.3 Å². The number of imide groups is 1. The zero-order valence-corrected chi connectivity index (χ0v) is 11.0. The molecule has 1 aromatic carbocycles. The highest BCUT2D eigenvalue weighted by Gasteiger charge is 2.38.